The molecule has 0 atom stereocenters. The molecule has 4 heterocycles. The Labute approximate surface area is 208 Å². The van der Waals surface area contributed by atoms with E-state index in [1.165, 1.54) is 23.5 Å². The van der Waals surface area contributed by atoms with Crippen LogP contribution in [0.2, 0.25) is 0 Å². The molecule has 0 spiro atoms. The Morgan fingerprint density at radius 2 is 1.94 bits per heavy atom. The van der Waals surface area contributed by atoms with Crippen LogP contribution in [0.15, 0.2) is 42.3 Å². The molecular weight excluding hydrogens is 467 g/mol. The SMILES string of the molecule is C=CC(=O)N1CCC(Oc2nc(Nc3ccc(N4CCN(C)CC4)c(F)c3)nc3ccsc23)CC1. The maximum Gasteiger partial charge on any atom is 0.245 e. The lowest BCUT2D eigenvalue weighted by Gasteiger charge is -2.34. The maximum atomic E-state index is 14.9. The van der Waals surface area contributed by atoms with E-state index in [2.05, 4.69) is 38.7 Å². The molecule has 3 aromatic rings. The molecule has 0 bridgehead atoms. The Hall–Kier alpha value is -3.24. The highest BCUT2D eigenvalue weighted by Gasteiger charge is 2.24. The number of aromatic nitrogens is 2. The normalized spacial score (nSPS) is 17.5. The van der Waals surface area contributed by atoms with Crippen molar-refractivity contribution in [1.82, 2.24) is 19.8 Å². The van der Waals surface area contributed by atoms with Gasteiger partial charge in [0.2, 0.25) is 17.7 Å². The van der Waals surface area contributed by atoms with Crippen LogP contribution in [0.1, 0.15) is 12.8 Å². The number of piperazine rings is 1. The number of hydrogen-bond acceptors (Lipinski definition) is 8. The molecule has 2 fully saturated rings. The van der Waals surface area contributed by atoms with Gasteiger partial charge in [0.05, 0.1) is 11.2 Å². The topological polar surface area (TPSA) is 73.8 Å². The Bertz CT molecular complexity index is 1220. The number of likely N-dealkylation sites (tertiary alicyclic amines) is 1. The first-order valence-corrected chi connectivity index (χ1v) is 12.7. The van der Waals surface area contributed by atoms with Crippen LogP contribution in [0.3, 0.4) is 0 Å². The fraction of sp³-hybridized carbons (Fsp3) is 0.400. The van der Waals surface area contributed by atoms with E-state index >= 15 is 0 Å². The summed E-state index contributed by atoms with van der Waals surface area (Å²) in [5.74, 6) is 0.546. The molecular formula is C25H29FN6O2S. The third kappa shape index (κ3) is 5.23. The van der Waals surface area contributed by atoms with Gasteiger partial charge in [-0.1, -0.05) is 6.58 Å². The van der Waals surface area contributed by atoms with E-state index in [4.69, 9.17) is 4.74 Å². The van der Waals surface area contributed by atoms with E-state index in [1.54, 1.807) is 4.90 Å². The van der Waals surface area contributed by atoms with Crippen LogP contribution in [-0.2, 0) is 4.79 Å². The van der Waals surface area contributed by atoms with Crippen LogP contribution in [-0.4, -0.2) is 78.1 Å². The molecule has 2 aliphatic heterocycles. The van der Waals surface area contributed by atoms with Crippen molar-refractivity contribution >= 4 is 44.8 Å². The average molecular weight is 497 g/mol. The number of likely N-dealkylation sites (N-methyl/N-ethyl adjacent to an activating group) is 1. The van der Waals surface area contributed by atoms with E-state index in [9.17, 15) is 9.18 Å². The molecule has 2 aromatic heterocycles. The van der Waals surface area contributed by atoms with Crippen molar-refractivity contribution < 1.29 is 13.9 Å². The van der Waals surface area contributed by atoms with Crippen LogP contribution >= 0.6 is 11.3 Å². The van der Waals surface area contributed by atoms with Gasteiger partial charge in [0.25, 0.3) is 0 Å². The lowest BCUT2D eigenvalue weighted by molar-refractivity contribution is -0.127. The smallest absolute Gasteiger partial charge is 0.245 e. The number of ether oxygens (including phenoxy) is 1. The third-order valence-corrected chi connectivity index (χ3v) is 7.42. The van der Waals surface area contributed by atoms with Gasteiger partial charge in [-0.15, -0.1) is 11.3 Å². The number of carbonyl (C=O) groups is 1. The molecule has 1 aromatic carbocycles. The second-order valence-corrected chi connectivity index (χ2v) is 9.83. The number of amides is 1. The van der Waals surface area contributed by atoms with E-state index in [1.807, 2.05) is 23.6 Å². The summed E-state index contributed by atoms with van der Waals surface area (Å²) in [6, 6.07) is 7.07. The number of rotatable bonds is 6. The van der Waals surface area contributed by atoms with Gasteiger partial charge in [0, 0.05) is 57.8 Å². The van der Waals surface area contributed by atoms with Crippen LogP contribution in [0.5, 0.6) is 5.88 Å². The summed E-state index contributed by atoms with van der Waals surface area (Å²) in [5, 5.41) is 5.09. The molecule has 8 nitrogen and oxygen atoms in total. The van der Waals surface area contributed by atoms with E-state index in [0.717, 1.165) is 49.2 Å². The summed E-state index contributed by atoms with van der Waals surface area (Å²) in [4.78, 5) is 27.1. The van der Waals surface area contributed by atoms with Gasteiger partial charge in [0.15, 0.2) is 0 Å². The number of nitrogens with one attached hydrogen (secondary N) is 1. The number of benzene rings is 1. The van der Waals surface area contributed by atoms with E-state index in [0.29, 0.717) is 36.3 Å². The first kappa shape index (κ1) is 23.5. The number of hydrogen-bond donors (Lipinski definition) is 1. The Morgan fingerprint density at radius 3 is 2.66 bits per heavy atom. The van der Waals surface area contributed by atoms with Crippen molar-refractivity contribution in [2.24, 2.45) is 0 Å². The summed E-state index contributed by atoms with van der Waals surface area (Å²) in [5.41, 5.74) is 1.97. The molecule has 2 saturated heterocycles. The summed E-state index contributed by atoms with van der Waals surface area (Å²) in [6.07, 6.45) is 2.74. The van der Waals surface area contributed by atoms with E-state index < -0.39 is 0 Å². The number of nitrogens with zero attached hydrogens (tertiary/aromatic N) is 5. The first-order chi connectivity index (χ1) is 17.0. The summed E-state index contributed by atoms with van der Waals surface area (Å²) >= 11 is 1.52. The van der Waals surface area contributed by atoms with Gasteiger partial charge in [-0.2, -0.15) is 4.98 Å². The van der Waals surface area contributed by atoms with Gasteiger partial charge < -0.3 is 24.8 Å². The Morgan fingerprint density at radius 1 is 1.17 bits per heavy atom. The number of halogens is 1. The first-order valence-electron chi connectivity index (χ1n) is 11.8. The highest BCUT2D eigenvalue weighted by molar-refractivity contribution is 7.17. The number of carbonyl (C=O) groups excluding carboxylic acids is 1. The predicted octanol–water partition coefficient (Wildman–Crippen LogP) is 3.88. The predicted molar refractivity (Wildman–Crippen MR) is 137 cm³/mol. The molecule has 1 amide bonds. The molecule has 0 saturated carbocycles. The standard InChI is InChI=1S/C25H29FN6O2S/c1-3-22(33)32-9-6-18(7-10-32)34-24-23-20(8-15-35-23)28-25(29-24)27-17-4-5-21(19(26)16-17)31-13-11-30(2)12-14-31/h3-5,8,15-16,18H,1,6-7,9-14H2,2H3,(H,27,28,29). The van der Waals surface area contributed by atoms with Crippen molar-refractivity contribution in [2.75, 3.05) is 56.5 Å². The average Bonchev–Trinajstić information content (AvgIpc) is 3.34. The van der Waals surface area contributed by atoms with Gasteiger partial charge in [0.1, 0.15) is 16.6 Å². The van der Waals surface area contributed by atoms with Crippen LogP contribution in [0.25, 0.3) is 10.2 Å². The largest absolute Gasteiger partial charge is 0.473 e. The van der Waals surface area contributed by atoms with Crippen molar-refractivity contribution in [3.63, 3.8) is 0 Å². The van der Waals surface area contributed by atoms with Gasteiger partial charge in [-0.3, -0.25) is 4.79 Å². The number of fused-ring (bicyclic) bond motifs is 1. The summed E-state index contributed by atoms with van der Waals surface area (Å²) in [7, 11) is 2.08. The van der Waals surface area contributed by atoms with Crippen molar-refractivity contribution in [3.05, 3.63) is 48.1 Å². The minimum Gasteiger partial charge on any atom is -0.473 e. The molecule has 0 unspecified atom stereocenters. The second-order valence-electron chi connectivity index (χ2n) is 8.92. The van der Waals surface area contributed by atoms with Gasteiger partial charge in [-0.25, -0.2) is 9.37 Å². The van der Waals surface area contributed by atoms with Crippen molar-refractivity contribution in [1.29, 1.82) is 0 Å². The highest BCUT2D eigenvalue weighted by atomic mass is 32.1. The minimum absolute atomic E-state index is 0.0442. The summed E-state index contributed by atoms with van der Waals surface area (Å²) < 4.78 is 22.1. The highest BCUT2D eigenvalue weighted by Crippen LogP contribution is 2.32. The third-order valence-electron chi connectivity index (χ3n) is 6.53. The molecule has 184 valence electrons. The minimum atomic E-state index is -0.270. The van der Waals surface area contributed by atoms with Crippen LogP contribution in [0, 0.1) is 5.82 Å². The Balaban J connectivity index is 1.30. The molecule has 1 N–H and O–H groups in total. The zero-order chi connectivity index (χ0) is 24.4. The number of thiophene rings is 1. The van der Waals surface area contributed by atoms with Crippen molar-refractivity contribution in [2.45, 2.75) is 18.9 Å². The van der Waals surface area contributed by atoms with E-state index in [-0.39, 0.29) is 17.8 Å². The fourth-order valence-corrected chi connectivity index (χ4v) is 5.23. The lowest BCUT2D eigenvalue weighted by atomic mass is 10.1. The molecule has 0 aliphatic carbocycles. The van der Waals surface area contributed by atoms with Gasteiger partial charge in [-0.05, 0) is 42.8 Å². The molecule has 0 radical (unpaired) electrons. The second kappa shape index (κ2) is 10.2. The maximum absolute atomic E-state index is 14.9. The van der Waals surface area contributed by atoms with Crippen LogP contribution < -0.4 is 15.0 Å². The molecule has 35 heavy (non-hydrogen) atoms. The Kier molecular flexibility index (Phi) is 6.83. The van der Waals surface area contributed by atoms with Gasteiger partial charge >= 0.3 is 0 Å². The number of anilines is 3. The summed E-state index contributed by atoms with van der Waals surface area (Å²) in [6.45, 7) is 8.25. The zero-order valence-electron chi connectivity index (χ0n) is 19.7. The molecule has 5 rings (SSSR count). The molecule has 2 aliphatic rings. The molecule has 10 heteroatoms. The fourth-order valence-electron chi connectivity index (χ4n) is 4.47. The monoisotopic (exact) mass is 496 g/mol. The van der Waals surface area contributed by atoms with Crippen LogP contribution in [0.4, 0.5) is 21.7 Å². The number of piperidine rings is 1. The quantitative estimate of drug-likeness (QED) is 0.519. The zero-order valence-corrected chi connectivity index (χ0v) is 20.6. The lowest BCUT2D eigenvalue weighted by Crippen LogP contribution is -2.44. The van der Waals surface area contributed by atoms with Crippen molar-refractivity contribution in [3.8, 4) is 5.88 Å².